The number of likely N-dealkylation sites (N-methyl/N-ethyl adjacent to an activating group) is 1. The van der Waals surface area contributed by atoms with Crippen LogP contribution in [0.4, 0.5) is 17.1 Å². The Bertz CT molecular complexity index is 841. The lowest BCUT2D eigenvalue weighted by Gasteiger charge is -2.16. The van der Waals surface area contributed by atoms with Gasteiger partial charge in [0.05, 0.1) is 23.8 Å². The Balaban J connectivity index is 1.84. The van der Waals surface area contributed by atoms with Crippen molar-refractivity contribution >= 4 is 46.4 Å². The van der Waals surface area contributed by atoms with Gasteiger partial charge in [-0.25, -0.2) is 0 Å². The van der Waals surface area contributed by atoms with Crippen molar-refractivity contribution < 1.29 is 14.4 Å². The smallest absolute Gasteiger partial charge is 0.238 e. The number of rotatable bonds is 7. The van der Waals surface area contributed by atoms with Crippen molar-refractivity contribution in [2.45, 2.75) is 6.92 Å². The van der Waals surface area contributed by atoms with Crippen LogP contribution in [0, 0.1) is 0 Å². The van der Waals surface area contributed by atoms with E-state index in [4.69, 9.17) is 11.6 Å². The molecule has 0 saturated heterocycles. The van der Waals surface area contributed by atoms with Gasteiger partial charge < -0.3 is 16.0 Å². The molecule has 3 amide bonds. The fourth-order valence-corrected chi connectivity index (χ4v) is 2.56. The average Bonchev–Trinajstić information content (AvgIpc) is 2.56. The third kappa shape index (κ3) is 7.08. The lowest BCUT2D eigenvalue weighted by molar-refractivity contribution is -0.119. The summed E-state index contributed by atoms with van der Waals surface area (Å²) in [7, 11) is 1.67. The number of hydrogen-bond acceptors (Lipinski definition) is 4. The quantitative estimate of drug-likeness (QED) is 0.680. The molecule has 2 rings (SSSR count). The molecule has 0 atom stereocenters. The van der Waals surface area contributed by atoms with Crippen LogP contribution in [0.5, 0.6) is 0 Å². The van der Waals surface area contributed by atoms with E-state index in [0.29, 0.717) is 22.1 Å². The lowest BCUT2D eigenvalue weighted by Crippen LogP contribution is -2.36. The SMILES string of the molecule is CC(=O)Nc1cccc(NC(=O)CN(C)CC(=O)Nc2ccccc2Cl)c1. The summed E-state index contributed by atoms with van der Waals surface area (Å²) in [5.74, 6) is -0.739. The molecule has 0 bridgehead atoms. The van der Waals surface area contributed by atoms with E-state index in [2.05, 4.69) is 16.0 Å². The molecule has 0 spiro atoms. The highest BCUT2D eigenvalue weighted by Crippen LogP contribution is 2.20. The van der Waals surface area contributed by atoms with Gasteiger partial charge in [0, 0.05) is 18.3 Å². The molecule has 0 radical (unpaired) electrons. The van der Waals surface area contributed by atoms with E-state index < -0.39 is 0 Å². The number of para-hydroxylation sites is 1. The number of nitrogens with one attached hydrogen (secondary N) is 3. The zero-order valence-corrected chi connectivity index (χ0v) is 15.8. The predicted molar refractivity (Wildman–Crippen MR) is 107 cm³/mol. The summed E-state index contributed by atoms with van der Waals surface area (Å²) in [5.41, 5.74) is 1.67. The number of hydrogen-bond donors (Lipinski definition) is 3. The van der Waals surface area contributed by atoms with Gasteiger partial charge in [-0.1, -0.05) is 29.8 Å². The molecular weight excluding hydrogens is 368 g/mol. The maximum absolute atomic E-state index is 12.2. The van der Waals surface area contributed by atoms with Crippen molar-refractivity contribution in [2.75, 3.05) is 36.1 Å². The summed E-state index contributed by atoms with van der Waals surface area (Å²) in [5, 5.41) is 8.54. The summed E-state index contributed by atoms with van der Waals surface area (Å²) in [4.78, 5) is 36.9. The molecule has 0 heterocycles. The van der Waals surface area contributed by atoms with Crippen molar-refractivity contribution in [3.63, 3.8) is 0 Å². The summed E-state index contributed by atoms with van der Waals surface area (Å²) < 4.78 is 0. The van der Waals surface area contributed by atoms with Crippen LogP contribution in [-0.4, -0.2) is 42.8 Å². The summed E-state index contributed by atoms with van der Waals surface area (Å²) in [6.07, 6.45) is 0. The second-order valence-electron chi connectivity index (χ2n) is 6.01. The van der Waals surface area contributed by atoms with Gasteiger partial charge in [-0.15, -0.1) is 0 Å². The first-order valence-corrected chi connectivity index (χ1v) is 8.61. The van der Waals surface area contributed by atoms with Crippen LogP contribution in [0.15, 0.2) is 48.5 Å². The second kappa shape index (κ2) is 9.70. The lowest BCUT2D eigenvalue weighted by atomic mass is 10.2. The third-order valence-electron chi connectivity index (χ3n) is 3.44. The van der Waals surface area contributed by atoms with Crippen LogP contribution in [0.3, 0.4) is 0 Å². The third-order valence-corrected chi connectivity index (χ3v) is 3.77. The zero-order chi connectivity index (χ0) is 19.8. The standard InChI is InChI=1S/C19H21ClN4O3/c1-13(25)21-14-6-5-7-15(10-14)22-18(26)11-24(2)12-19(27)23-17-9-4-3-8-16(17)20/h3-10H,11-12H2,1-2H3,(H,21,25)(H,22,26)(H,23,27). The number of carbonyl (C=O) groups is 3. The molecule has 3 N–H and O–H groups in total. The van der Waals surface area contributed by atoms with E-state index in [1.54, 1.807) is 60.5 Å². The van der Waals surface area contributed by atoms with Gasteiger partial charge in [0.25, 0.3) is 0 Å². The molecular formula is C19H21ClN4O3. The van der Waals surface area contributed by atoms with Gasteiger partial charge in [0.1, 0.15) is 0 Å². The number of benzene rings is 2. The largest absolute Gasteiger partial charge is 0.326 e. The molecule has 0 fully saturated rings. The molecule has 7 nitrogen and oxygen atoms in total. The van der Waals surface area contributed by atoms with Crippen LogP contribution < -0.4 is 16.0 Å². The van der Waals surface area contributed by atoms with E-state index in [9.17, 15) is 14.4 Å². The fraction of sp³-hybridized carbons (Fsp3) is 0.211. The van der Waals surface area contributed by atoms with Crippen LogP contribution in [-0.2, 0) is 14.4 Å². The van der Waals surface area contributed by atoms with Crippen LogP contribution in [0.2, 0.25) is 5.02 Å². The first-order valence-electron chi connectivity index (χ1n) is 8.24. The predicted octanol–water partition coefficient (Wildman–Crippen LogP) is 2.81. The molecule has 0 saturated carbocycles. The zero-order valence-electron chi connectivity index (χ0n) is 15.1. The van der Waals surface area contributed by atoms with Crippen molar-refractivity contribution in [3.05, 3.63) is 53.6 Å². The van der Waals surface area contributed by atoms with E-state index in [1.165, 1.54) is 6.92 Å². The number of carbonyl (C=O) groups excluding carboxylic acids is 3. The van der Waals surface area contributed by atoms with Gasteiger partial charge in [0.2, 0.25) is 17.7 Å². The van der Waals surface area contributed by atoms with Crippen LogP contribution >= 0.6 is 11.6 Å². The van der Waals surface area contributed by atoms with Crippen LogP contribution in [0.25, 0.3) is 0 Å². The molecule has 0 aliphatic rings. The Labute approximate surface area is 162 Å². The normalized spacial score (nSPS) is 10.4. The maximum Gasteiger partial charge on any atom is 0.238 e. The van der Waals surface area contributed by atoms with Crippen LogP contribution in [0.1, 0.15) is 6.92 Å². The fourth-order valence-electron chi connectivity index (χ4n) is 2.38. The first-order chi connectivity index (χ1) is 12.8. The van der Waals surface area contributed by atoms with Crippen molar-refractivity contribution in [3.8, 4) is 0 Å². The van der Waals surface area contributed by atoms with E-state index in [0.717, 1.165) is 0 Å². The molecule has 142 valence electrons. The van der Waals surface area contributed by atoms with Gasteiger partial charge in [-0.3, -0.25) is 19.3 Å². The van der Waals surface area contributed by atoms with Crippen molar-refractivity contribution in [1.29, 1.82) is 0 Å². The van der Waals surface area contributed by atoms with E-state index in [-0.39, 0.29) is 30.8 Å². The van der Waals surface area contributed by atoms with E-state index in [1.807, 2.05) is 0 Å². The Kier molecular flexibility index (Phi) is 7.34. The van der Waals surface area contributed by atoms with E-state index >= 15 is 0 Å². The highest BCUT2D eigenvalue weighted by Gasteiger charge is 2.12. The van der Waals surface area contributed by atoms with Crippen molar-refractivity contribution in [1.82, 2.24) is 4.90 Å². The Morgan fingerprint density at radius 1 is 0.889 bits per heavy atom. The highest BCUT2D eigenvalue weighted by atomic mass is 35.5. The average molecular weight is 389 g/mol. The summed E-state index contributed by atoms with van der Waals surface area (Å²) >= 11 is 6.01. The first kappa shape index (κ1) is 20.4. The number of amides is 3. The van der Waals surface area contributed by atoms with Crippen molar-refractivity contribution in [2.24, 2.45) is 0 Å². The van der Waals surface area contributed by atoms with Gasteiger partial charge in [-0.05, 0) is 37.4 Å². The highest BCUT2D eigenvalue weighted by molar-refractivity contribution is 6.33. The molecule has 0 aliphatic heterocycles. The minimum atomic E-state index is -0.275. The topological polar surface area (TPSA) is 90.5 Å². The molecule has 0 aliphatic carbocycles. The monoisotopic (exact) mass is 388 g/mol. The molecule has 8 heteroatoms. The molecule has 2 aromatic carbocycles. The number of nitrogens with zero attached hydrogens (tertiary/aromatic N) is 1. The Morgan fingerprint density at radius 2 is 1.48 bits per heavy atom. The summed E-state index contributed by atoms with van der Waals surface area (Å²) in [6, 6.07) is 13.8. The molecule has 0 unspecified atom stereocenters. The number of halogens is 1. The Hall–Kier alpha value is -2.90. The van der Waals surface area contributed by atoms with Gasteiger partial charge in [0.15, 0.2) is 0 Å². The minimum absolute atomic E-state index is 0.0281. The van der Waals surface area contributed by atoms with Gasteiger partial charge >= 0.3 is 0 Å². The summed E-state index contributed by atoms with van der Waals surface area (Å²) in [6.45, 7) is 1.47. The minimum Gasteiger partial charge on any atom is -0.326 e. The van der Waals surface area contributed by atoms with Gasteiger partial charge in [-0.2, -0.15) is 0 Å². The maximum atomic E-state index is 12.2. The number of anilines is 3. The molecule has 2 aromatic rings. The molecule has 0 aromatic heterocycles. The Morgan fingerprint density at radius 3 is 2.11 bits per heavy atom. The molecule has 27 heavy (non-hydrogen) atoms. The second-order valence-corrected chi connectivity index (χ2v) is 6.42.